The highest BCUT2D eigenvalue weighted by molar-refractivity contribution is 5.95. The molecule has 23 heavy (non-hydrogen) atoms. The number of carbonyl (C=O) groups is 2. The summed E-state index contributed by atoms with van der Waals surface area (Å²) >= 11 is 0. The molecule has 1 aliphatic rings. The molecule has 0 radical (unpaired) electrons. The van der Waals surface area contributed by atoms with Crippen molar-refractivity contribution in [2.24, 2.45) is 11.7 Å². The number of benzene rings is 1. The summed E-state index contributed by atoms with van der Waals surface area (Å²) in [7, 11) is 0. The Hall–Kier alpha value is -1.66. The van der Waals surface area contributed by atoms with Crippen LogP contribution in [0.25, 0.3) is 0 Å². The van der Waals surface area contributed by atoms with Crippen LogP contribution in [-0.4, -0.2) is 42.9 Å². The van der Waals surface area contributed by atoms with Gasteiger partial charge in [-0.25, -0.2) is 4.39 Å². The smallest absolute Gasteiger partial charge is 0.253 e. The summed E-state index contributed by atoms with van der Waals surface area (Å²) in [6.07, 6.45) is 1.52. The van der Waals surface area contributed by atoms with Crippen molar-refractivity contribution in [2.45, 2.75) is 19.8 Å². The van der Waals surface area contributed by atoms with Gasteiger partial charge in [-0.15, -0.1) is 12.4 Å². The molecule has 0 spiro atoms. The van der Waals surface area contributed by atoms with Crippen molar-refractivity contribution in [3.8, 4) is 0 Å². The topological polar surface area (TPSA) is 75.4 Å². The van der Waals surface area contributed by atoms with E-state index in [1.807, 2.05) is 0 Å². The van der Waals surface area contributed by atoms with Gasteiger partial charge in [-0.2, -0.15) is 0 Å². The Bertz CT molecular complexity index is 548. The molecule has 0 aliphatic carbocycles. The van der Waals surface area contributed by atoms with E-state index < -0.39 is 5.82 Å². The van der Waals surface area contributed by atoms with E-state index in [0.717, 1.165) is 12.8 Å². The molecule has 1 aliphatic heterocycles. The minimum absolute atomic E-state index is 0. The van der Waals surface area contributed by atoms with E-state index in [4.69, 9.17) is 5.73 Å². The van der Waals surface area contributed by atoms with Gasteiger partial charge < -0.3 is 16.0 Å². The van der Waals surface area contributed by atoms with E-state index in [1.165, 1.54) is 12.1 Å². The number of aryl methyl sites for hydroxylation is 1. The SMILES string of the molecule is Cc1cc(F)cc(C(=O)N2CCCC(C(=O)NCCN)C2)c1.Cl. The molecule has 1 saturated heterocycles. The zero-order valence-electron chi connectivity index (χ0n) is 13.2. The monoisotopic (exact) mass is 343 g/mol. The van der Waals surface area contributed by atoms with Gasteiger partial charge in [0, 0.05) is 31.7 Å². The van der Waals surface area contributed by atoms with Gasteiger partial charge in [0.25, 0.3) is 5.91 Å². The Labute approximate surface area is 141 Å². The van der Waals surface area contributed by atoms with Crippen LogP contribution >= 0.6 is 12.4 Å². The lowest BCUT2D eigenvalue weighted by molar-refractivity contribution is -0.126. The molecule has 3 N–H and O–H groups in total. The molecule has 2 rings (SSSR count). The van der Waals surface area contributed by atoms with Crippen molar-refractivity contribution in [3.05, 3.63) is 35.1 Å². The predicted octanol–water partition coefficient (Wildman–Crippen LogP) is 1.48. The first kappa shape index (κ1) is 19.4. The molecule has 1 heterocycles. The van der Waals surface area contributed by atoms with E-state index in [0.29, 0.717) is 37.3 Å². The largest absolute Gasteiger partial charge is 0.355 e. The van der Waals surface area contributed by atoms with Gasteiger partial charge in [0.2, 0.25) is 5.91 Å². The molecule has 0 bridgehead atoms. The van der Waals surface area contributed by atoms with E-state index in [2.05, 4.69) is 5.32 Å². The van der Waals surface area contributed by atoms with Crippen molar-refractivity contribution in [1.82, 2.24) is 10.2 Å². The average molecular weight is 344 g/mol. The molecule has 5 nitrogen and oxygen atoms in total. The van der Waals surface area contributed by atoms with Gasteiger partial charge in [-0.05, 0) is 43.5 Å². The third-order valence-corrected chi connectivity index (χ3v) is 3.81. The van der Waals surface area contributed by atoms with Crippen molar-refractivity contribution >= 4 is 24.2 Å². The van der Waals surface area contributed by atoms with Crippen LogP contribution in [0.5, 0.6) is 0 Å². The van der Waals surface area contributed by atoms with Crippen LogP contribution in [0.1, 0.15) is 28.8 Å². The summed E-state index contributed by atoms with van der Waals surface area (Å²) < 4.78 is 13.5. The lowest BCUT2D eigenvalue weighted by Crippen LogP contribution is -2.46. The number of nitrogens with one attached hydrogen (secondary N) is 1. The van der Waals surface area contributed by atoms with Crippen molar-refractivity contribution in [3.63, 3.8) is 0 Å². The van der Waals surface area contributed by atoms with Crippen LogP contribution in [0.3, 0.4) is 0 Å². The number of piperidine rings is 1. The van der Waals surface area contributed by atoms with Gasteiger partial charge in [0.05, 0.1) is 5.92 Å². The second-order valence-corrected chi connectivity index (χ2v) is 5.69. The Morgan fingerprint density at radius 1 is 1.39 bits per heavy atom. The Morgan fingerprint density at radius 3 is 2.78 bits per heavy atom. The molecule has 1 fully saturated rings. The fourth-order valence-corrected chi connectivity index (χ4v) is 2.76. The standard InChI is InChI=1S/C16H22FN3O2.ClH/c1-11-7-13(9-14(17)8-11)16(22)20-6-2-3-12(10-20)15(21)19-5-4-18;/h7-9,12H,2-6,10,18H2,1H3,(H,19,21);1H. The Morgan fingerprint density at radius 2 is 2.13 bits per heavy atom. The summed E-state index contributed by atoms with van der Waals surface area (Å²) in [5, 5.41) is 2.76. The molecular formula is C16H23ClFN3O2. The fraction of sp³-hybridized carbons (Fsp3) is 0.500. The molecule has 1 aromatic carbocycles. The van der Waals surface area contributed by atoms with Crippen LogP contribution in [-0.2, 0) is 4.79 Å². The van der Waals surface area contributed by atoms with Gasteiger partial charge >= 0.3 is 0 Å². The number of carbonyl (C=O) groups excluding carboxylic acids is 2. The van der Waals surface area contributed by atoms with Gasteiger partial charge in [0.1, 0.15) is 5.82 Å². The van der Waals surface area contributed by atoms with Crippen LogP contribution in [0.4, 0.5) is 4.39 Å². The number of likely N-dealkylation sites (tertiary alicyclic amines) is 1. The minimum Gasteiger partial charge on any atom is -0.355 e. The molecule has 1 atom stereocenters. The van der Waals surface area contributed by atoms with Crippen LogP contribution < -0.4 is 11.1 Å². The molecule has 1 aromatic rings. The number of nitrogens with zero attached hydrogens (tertiary/aromatic N) is 1. The van der Waals surface area contributed by atoms with Crippen LogP contribution in [0.2, 0.25) is 0 Å². The molecule has 128 valence electrons. The van der Waals surface area contributed by atoms with Crippen LogP contribution in [0.15, 0.2) is 18.2 Å². The first-order chi connectivity index (χ1) is 10.5. The first-order valence-electron chi connectivity index (χ1n) is 7.55. The third-order valence-electron chi connectivity index (χ3n) is 3.81. The van der Waals surface area contributed by atoms with E-state index in [9.17, 15) is 14.0 Å². The maximum atomic E-state index is 13.5. The number of hydrogen-bond acceptors (Lipinski definition) is 3. The normalized spacial score (nSPS) is 17.3. The Balaban J connectivity index is 0.00000264. The average Bonchev–Trinajstić information content (AvgIpc) is 2.51. The highest BCUT2D eigenvalue weighted by atomic mass is 35.5. The fourth-order valence-electron chi connectivity index (χ4n) is 2.76. The number of halogens is 2. The first-order valence-corrected chi connectivity index (χ1v) is 7.55. The zero-order valence-corrected chi connectivity index (χ0v) is 14.0. The van der Waals surface area contributed by atoms with E-state index in [-0.39, 0.29) is 30.1 Å². The maximum absolute atomic E-state index is 13.5. The Kier molecular flexibility index (Phi) is 7.45. The lowest BCUT2D eigenvalue weighted by atomic mass is 9.96. The number of rotatable bonds is 4. The summed E-state index contributed by atoms with van der Waals surface area (Å²) in [4.78, 5) is 26.1. The highest BCUT2D eigenvalue weighted by Crippen LogP contribution is 2.20. The second-order valence-electron chi connectivity index (χ2n) is 5.69. The number of nitrogens with two attached hydrogens (primary N) is 1. The number of hydrogen-bond donors (Lipinski definition) is 2. The molecule has 2 amide bonds. The minimum atomic E-state index is -0.419. The summed E-state index contributed by atoms with van der Waals surface area (Å²) in [6, 6.07) is 4.30. The van der Waals surface area contributed by atoms with Gasteiger partial charge in [-0.1, -0.05) is 0 Å². The van der Waals surface area contributed by atoms with Crippen LogP contribution in [0, 0.1) is 18.7 Å². The highest BCUT2D eigenvalue weighted by Gasteiger charge is 2.28. The molecule has 1 unspecified atom stereocenters. The third kappa shape index (κ3) is 5.18. The maximum Gasteiger partial charge on any atom is 0.253 e. The summed E-state index contributed by atoms with van der Waals surface area (Å²) in [5.74, 6) is -0.936. The van der Waals surface area contributed by atoms with Crippen molar-refractivity contribution in [2.75, 3.05) is 26.2 Å². The summed E-state index contributed by atoms with van der Waals surface area (Å²) in [5.41, 5.74) is 6.41. The molecule has 0 aromatic heterocycles. The molecule has 7 heteroatoms. The van der Waals surface area contributed by atoms with Crippen molar-refractivity contribution < 1.29 is 14.0 Å². The van der Waals surface area contributed by atoms with Gasteiger partial charge in [0.15, 0.2) is 0 Å². The predicted molar refractivity (Wildman–Crippen MR) is 89.1 cm³/mol. The lowest BCUT2D eigenvalue weighted by Gasteiger charge is -2.32. The zero-order chi connectivity index (χ0) is 16.1. The molecule has 0 saturated carbocycles. The van der Waals surface area contributed by atoms with E-state index in [1.54, 1.807) is 17.9 Å². The van der Waals surface area contributed by atoms with E-state index >= 15 is 0 Å². The molecular weight excluding hydrogens is 321 g/mol. The quantitative estimate of drug-likeness (QED) is 0.869. The number of amides is 2. The van der Waals surface area contributed by atoms with Gasteiger partial charge in [-0.3, -0.25) is 9.59 Å². The van der Waals surface area contributed by atoms with Crippen molar-refractivity contribution in [1.29, 1.82) is 0 Å². The second kappa shape index (κ2) is 8.84. The summed E-state index contributed by atoms with van der Waals surface area (Å²) in [6.45, 7) is 3.54.